The Bertz CT molecular complexity index is 913. The molecule has 3 aliphatic rings. The van der Waals surface area contributed by atoms with Gasteiger partial charge in [-0.3, -0.25) is 0 Å². The first-order valence-electron chi connectivity index (χ1n) is 10.6. The van der Waals surface area contributed by atoms with Gasteiger partial charge < -0.3 is 9.47 Å². The third-order valence-corrected chi connectivity index (χ3v) is 5.81. The van der Waals surface area contributed by atoms with Crippen LogP contribution in [0.25, 0.3) is 11.1 Å². The zero-order chi connectivity index (χ0) is 21.1. The molecule has 0 amide bonds. The quantitative estimate of drug-likeness (QED) is 0.595. The van der Waals surface area contributed by atoms with E-state index in [0.29, 0.717) is 36.2 Å². The van der Waals surface area contributed by atoms with Crippen LogP contribution in [0.1, 0.15) is 58.5 Å². The smallest absolute Gasteiger partial charge is 0.338 e. The van der Waals surface area contributed by atoms with Crippen molar-refractivity contribution < 1.29 is 19.1 Å². The summed E-state index contributed by atoms with van der Waals surface area (Å²) >= 11 is 0. The predicted molar refractivity (Wildman–Crippen MR) is 117 cm³/mol. The molecule has 2 aromatic carbocycles. The fourth-order valence-corrected chi connectivity index (χ4v) is 4.34. The van der Waals surface area contributed by atoms with Crippen molar-refractivity contribution in [3.63, 3.8) is 0 Å². The van der Waals surface area contributed by atoms with Crippen molar-refractivity contribution in [2.45, 2.75) is 26.7 Å². The summed E-state index contributed by atoms with van der Waals surface area (Å²) in [4.78, 5) is 23.8. The zero-order valence-electron chi connectivity index (χ0n) is 17.4. The van der Waals surface area contributed by atoms with Gasteiger partial charge in [0.05, 0.1) is 24.3 Å². The summed E-state index contributed by atoms with van der Waals surface area (Å²) in [6.45, 7) is 4.38. The molecule has 0 N–H and O–H groups in total. The maximum Gasteiger partial charge on any atom is 0.338 e. The minimum absolute atomic E-state index is 0.281. The van der Waals surface area contributed by atoms with Crippen LogP contribution in [0.2, 0.25) is 0 Å². The van der Waals surface area contributed by atoms with Gasteiger partial charge in [-0.15, -0.1) is 0 Å². The molecule has 3 aliphatic carbocycles. The largest absolute Gasteiger partial charge is 0.462 e. The number of carbonyl (C=O) groups excluding carboxylic acids is 2. The first kappa shape index (κ1) is 20.1. The zero-order valence-corrected chi connectivity index (χ0v) is 17.4. The van der Waals surface area contributed by atoms with E-state index in [9.17, 15) is 9.59 Å². The highest BCUT2D eigenvalue weighted by Crippen LogP contribution is 2.47. The van der Waals surface area contributed by atoms with Crippen LogP contribution in [0.15, 0.2) is 60.7 Å². The molecule has 4 heteroatoms. The lowest BCUT2D eigenvalue weighted by Gasteiger charge is -2.35. The predicted octanol–water partition coefficient (Wildman–Crippen LogP) is 5.55. The molecule has 0 heterocycles. The maximum absolute atomic E-state index is 11.9. The average molecular weight is 402 g/mol. The second kappa shape index (κ2) is 8.70. The molecule has 0 aromatic heterocycles. The van der Waals surface area contributed by atoms with Gasteiger partial charge in [0.1, 0.15) is 0 Å². The average Bonchev–Trinajstić information content (AvgIpc) is 2.80. The van der Waals surface area contributed by atoms with Crippen LogP contribution in [0, 0.1) is 11.8 Å². The molecule has 0 fully saturated rings. The number of rotatable bonds is 6. The van der Waals surface area contributed by atoms with Crippen LogP contribution < -0.4 is 0 Å². The second-order valence-electron chi connectivity index (χ2n) is 7.63. The molecule has 2 bridgehead atoms. The summed E-state index contributed by atoms with van der Waals surface area (Å²) in [6.07, 6.45) is 6.98. The van der Waals surface area contributed by atoms with E-state index in [1.54, 1.807) is 0 Å². The van der Waals surface area contributed by atoms with E-state index in [1.807, 2.05) is 62.4 Å². The van der Waals surface area contributed by atoms with Gasteiger partial charge in [-0.05, 0) is 73.2 Å². The lowest BCUT2D eigenvalue weighted by molar-refractivity contribution is 0.0516. The van der Waals surface area contributed by atoms with Crippen molar-refractivity contribution in [2.75, 3.05) is 13.2 Å². The maximum atomic E-state index is 11.9. The van der Waals surface area contributed by atoms with Crippen molar-refractivity contribution in [1.82, 2.24) is 0 Å². The van der Waals surface area contributed by atoms with E-state index in [2.05, 4.69) is 12.2 Å². The fraction of sp³-hybridized carbons (Fsp3) is 0.308. The Balaban J connectivity index is 1.52. The van der Waals surface area contributed by atoms with Crippen molar-refractivity contribution in [2.24, 2.45) is 11.8 Å². The molecule has 0 radical (unpaired) electrons. The number of esters is 2. The Morgan fingerprint density at radius 1 is 0.700 bits per heavy atom. The van der Waals surface area contributed by atoms with Crippen LogP contribution in [0.5, 0.6) is 0 Å². The van der Waals surface area contributed by atoms with Crippen LogP contribution in [0.3, 0.4) is 0 Å². The van der Waals surface area contributed by atoms with Gasteiger partial charge in [-0.2, -0.15) is 0 Å². The van der Waals surface area contributed by atoms with Gasteiger partial charge >= 0.3 is 11.9 Å². The van der Waals surface area contributed by atoms with Crippen LogP contribution >= 0.6 is 0 Å². The van der Waals surface area contributed by atoms with Gasteiger partial charge in [0.15, 0.2) is 0 Å². The Morgan fingerprint density at radius 3 is 1.37 bits per heavy atom. The van der Waals surface area contributed by atoms with Crippen molar-refractivity contribution >= 4 is 23.1 Å². The summed E-state index contributed by atoms with van der Waals surface area (Å²) < 4.78 is 10.1. The molecule has 5 rings (SSSR count). The standard InChI is InChI=1S/C26H26O4/c1-3-29-25(27)19-9-5-17(6-10-19)23-15-22-14-13-21(23)16-24(22)18-7-11-20(12-8-18)26(28)30-4-2/h5-12,15-16,21-22H,3-4,13-14H2,1-2H3/t21-,22-/m1/s1. The molecule has 0 saturated heterocycles. The fourth-order valence-electron chi connectivity index (χ4n) is 4.34. The summed E-state index contributed by atoms with van der Waals surface area (Å²) in [5, 5.41) is 0. The molecular formula is C26H26O4. The van der Waals surface area contributed by atoms with Crippen molar-refractivity contribution in [3.05, 3.63) is 82.9 Å². The van der Waals surface area contributed by atoms with E-state index in [-0.39, 0.29) is 11.9 Å². The second-order valence-corrected chi connectivity index (χ2v) is 7.63. The summed E-state index contributed by atoms with van der Waals surface area (Å²) in [5.41, 5.74) is 6.14. The van der Waals surface area contributed by atoms with Gasteiger partial charge in [0.2, 0.25) is 0 Å². The third-order valence-electron chi connectivity index (χ3n) is 5.81. The summed E-state index contributed by atoms with van der Waals surface area (Å²) in [7, 11) is 0. The number of hydrogen-bond acceptors (Lipinski definition) is 4. The highest BCUT2D eigenvalue weighted by molar-refractivity contribution is 5.91. The lowest BCUT2D eigenvalue weighted by atomic mass is 9.69. The molecule has 4 nitrogen and oxygen atoms in total. The van der Waals surface area contributed by atoms with E-state index >= 15 is 0 Å². The van der Waals surface area contributed by atoms with Crippen molar-refractivity contribution in [1.29, 1.82) is 0 Å². The monoisotopic (exact) mass is 402 g/mol. The SMILES string of the molecule is CCOC(=O)c1ccc(C2=C[C@H]3CC[C@@H]2C=C3c2ccc(C(=O)OCC)cc2)cc1. The Labute approximate surface area is 177 Å². The topological polar surface area (TPSA) is 52.6 Å². The van der Waals surface area contributed by atoms with Crippen LogP contribution in [-0.2, 0) is 9.47 Å². The molecular weight excluding hydrogens is 376 g/mol. The molecule has 154 valence electrons. The van der Waals surface area contributed by atoms with Crippen LogP contribution in [-0.4, -0.2) is 25.2 Å². The van der Waals surface area contributed by atoms with E-state index in [4.69, 9.17) is 9.47 Å². The third kappa shape index (κ3) is 3.95. The summed E-state index contributed by atoms with van der Waals surface area (Å²) in [6, 6.07) is 15.4. The minimum Gasteiger partial charge on any atom is -0.462 e. The Hall–Kier alpha value is -3.14. The molecule has 0 saturated carbocycles. The number of carbonyl (C=O) groups is 2. The highest BCUT2D eigenvalue weighted by Gasteiger charge is 2.31. The number of ether oxygens (including phenoxy) is 2. The van der Waals surface area contributed by atoms with Gasteiger partial charge in [-0.1, -0.05) is 36.4 Å². The molecule has 0 spiro atoms. The Morgan fingerprint density at radius 2 is 1.07 bits per heavy atom. The highest BCUT2D eigenvalue weighted by atomic mass is 16.5. The first-order valence-corrected chi connectivity index (χ1v) is 10.6. The molecule has 2 aromatic rings. The number of fused-ring (bicyclic) bond motifs is 1. The summed E-state index contributed by atoms with van der Waals surface area (Å²) in [5.74, 6) is 0.166. The minimum atomic E-state index is -0.281. The van der Waals surface area contributed by atoms with Gasteiger partial charge in [0, 0.05) is 11.8 Å². The van der Waals surface area contributed by atoms with E-state index in [1.165, 1.54) is 11.1 Å². The van der Waals surface area contributed by atoms with Gasteiger partial charge in [0.25, 0.3) is 0 Å². The Kier molecular flexibility index (Phi) is 5.84. The van der Waals surface area contributed by atoms with E-state index in [0.717, 1.165) is 24.0 Å². The molecule has 30 heavy (non-hydrogen) atoms. The normalized spacial score (nSPS) is 19.7. The lowest BCUT2D eigenvalue weighted by Crippen LogP contribution is -2.20. The van der Waals surface area contributed by atoms with Gasteiger partial charge in [-0.25, -0.2) is 9.59 Å². The van der Waals surface area contributed by atoms with E-state index < -0.39 is 0 Å². The molecule has 0 aliphatic heterocycles. The molecule has 0 unspecified atom stereocenters. The number of hydrogen-bond donors (Lipinski definition) is 0. The first-order chi connectivity index (χ1) is 14.6. The molecule has 2 atom stereocenters. The number of benzene rings is 2. The number of allylic oxidation sites excluding steroid dienone is 4. The van der Waals surface area contributed by atoms with Crippen molar-refractivity contribution in [3.8, 4) is 0 Å². The van der Waals surface area contributed by atoms with Crippen LogP contribution in [0.4, 0.5) is 0 Å².